The second kappa shape index (κ2) is 7.56. The van der Waals surface area contributed by atoms with E-state index < -0.39 is 12.0 Å². The number of hydrogen-bond donors (Lipinski definition) is 3. The molecule has 106 valence electrons. The molecule has 1 atom stereocenters. The van der Waals surface area contributed by atoms with Gasteiger partial charge >= 0.3 is 12.0 Å². The number of urea groups is 1. The lowest BCUT2D eigenvalue weighted by Crippen LogP contribution is -2.37. The van der Waals surface area contributed by atoms with Crippen molar-refractivity contribution in [1.29, 1.82) is 0 Å². The van der Waals surface area contributed by atoms with E-state index in [9.17, 15) is 9.59 Å². The minimum atomic E-state index is -1.12. The van der Waals surface area contributed by atoms with E-state index in [0.717, 1.165) is 6.42 Å². The Morgan fingerprint density at radius 1 is 1.50 bits per heavy atom. The lowest BCUT2D eigenvalue weighted by Gasteiger charge is -2.14. The summed E-state index contributed by atoms with van der Waals surface area (Å²) in [5.74, 6) is 1.35. The van der Waals surface area contributed by atoms with Crippen molar-refractivity contribution in [3.05, 3.63) is 28.2 Å². The van der Waals surface area contributed by atoms with Gasteiger partial charge in [0.15, 0.2) is 0 Å². The Bertz CT molecular complexity index is 552. The third-order valence-electron chi connectivity index (χ3n) is 2.54. The summed E-state index contributed by atoms with van der Waals surface area (Å²) in [7, 11) is 0. The van der Waals surface area contributed by atoms with Crippen molar-refractivity contribution in [2.75, 3.05) is 5.32 Å². The Kier molecular flexibility index (Phi) is 6.07. The van der Waals surface area contributed by atoms with Crippen molar-refractivity contribution in [3.63, 3.8) is 0 Å². The highest BCUT2D eigenvalue weighted by Gasteiger charge is 2.14. The average Bonchev–Trinajstić information content (AvgIpc) is 2.40. The molecule has 6 heteroatoms. The first-order valence-corrected chi connectivity index (χ1v) is 6.83. The van der Waals surface area contributed by atoms with Gasteiger partial charge in [-0.05, 0) is 24.6 Å². The first-order valence-electron chi connectivity index (χ1n) is 6.04. The average molecular weight is 339 g/mol. The van der Waals surface area contributed by atoms with Gasteiger partial charge < -0.3 is 15.7 Å². The zero-order chi connectivity index (χ0) is 15.1. The second-order valence-corrected chi connectivity index (χ2v) is 5.02. The van der Waals surface area contributed by atoms with Crippen molar-refractivity contribution < 1.29 is 14.7 Å². The van der Waals surface area contributed by atoms with Crippen molar-refractivity contribution in [1.82, 2.24) is 5.32 Å². The summed E-state index contributed by atoms with van der Waals surface area (Å²) >= 11 is 3.18. The summed E-state index contributed by atoms with van der Waals surface area (Å²) in [6.45, 7) is 1.96. The molecular formula is C14H15BrN2O3. The van der Waals surface area contributed by atoms with Gasteiger partial charge in [0, 0.05) is 4.47 Å². The number of aromatic carboxylic acids is 1. The standard InChI is InChI=1S/C14H15BrN2O3/c1-3-5-10(4-2)16-14(20)17-12-7-6-9(15)8-11(12)13(18)19/h2,6-8,10H,3,5H2,1H3,(H,18,19)(H2,16,17,20). The fraction of sp³-hybridized carbons (Fsp3) is 0.286. The van der Waals surface area contributed by atoms with Crippen LogP contribution in [0.2, 0.25) is 0 Å². The van der Waals surface area contributed by atoms with Crippen molar-refractivity contribution >= 4 is 33.6 Å². The van der Waals surface area contributed by atoms with Gasteiger partial charge in [0.05, 0.1) is 17.3 Å². The second-order valence-electron chi connectivity index (χ2n) is 4.10. The van der Waals surface area contributed by atoms with Gasteiger partial charge in [-0.15, -0.1) is 6.42 Å². The molecule has 0 spiro atoms. The molecule has 20 heavy (non-hydrogen) atoms. The van der Waals surface area contributed by atoms with Gasteiger partial charge in [-0.3, -0.25) is 0 Å². The Morgan fingerprint density at radius 3 is 2.75 bits per heavy atom. The van der Waals surface area contributed by atoms with E-state index in [1.165, 1.54) is 12.1 Å². The Hall–Kier alpha value is -2.00. The maximum atomic E-state index is 11.8. The molecular weight excluding hydrogens is 324 g/mol. The van der Waals surface area contributed by atoms with Crippen LogP contribution in [-0.2, 0) is 0 Å². The topological polar surface area (TPSA) is 78.4 Å². The number of carboxylic acid groups (broad SMARTS) is 1. The molecule has 0 bridgehead atoms. The number of carbonyl (C=O) groups excluding carboxylic acids is 1. The molecule has 0 saturated carbocycles. The smallest absolute Gasteiger partial charge is 0.337 e. The zero-order valence-corrected chi connectivity index (χ0v) is 12.5. The maximum Gasteiger partial charge on any atom is 0.337 e. The predicted octanol–water partition coefficient (Wildman–Crippen LogP) is 3.07. The number of halogens is 1. The molecule has 1 unspecified atom stereocenters. The number of amides is 2. The molecule has 0 aliphatic carbocycles. The Balaban J connectivity index is 2.81. The molecule has 2 amide bonds. The molecule has 1 rings (SSSR count). The summed E-state index contributed by atoms with van der Waals surface area (Å²) in [6.07, 6.45) is 6.81. The first kappa shape index (κ1) is 16.1. The number of benzene rings is 1. The number of carbonyl (C=O) groups is 2. The molecule has 0 fully saturated rings. The van der Waals surface area contributed by atoms with Crippen LogP contribution in [-0.4, -0.2) is 23.1 Å². The van der Waals surface area contributed by atoms with E-state index in [1.807, 2.05) is 6.92 Å². The molecule has 0 aliphatic rings. The lowest BCUT2D eigenvalue weighted by atomic mass is 10.1. The van der Waals surface area contributed by atoms with Crippen LogP contribution in [0.4, 0.5) is 10.5 Å². The van der Waals surface area contributed by atoms with Crippen LogP contribution in [0.15, 0.2) is 22.7 Å². The van der Waals surface area contributed by atoms with Gasteiger partial charge in [0.1, 0.15) is 0 Å². The van der Waals surface area contributed by atoms with Crippen LogP contribution in [0.3, 0.4) is 0 Å². The highest BCUT2D eigenvalue weighted by atomic mass is 79.9. The van der Waals surface area contributed by atoms with Crippen LogP contribution in [0.25, 0.3) is 0 Å². The summed E-state index contributed by atoms with van der Waals surface area (Å²) in [4.78, 5) is 22.9. The number of nitrogens with one attached hydrogen (secondary N) is 2. The number of terminal acetylenes is 1. The predicted molar refractivity (Wildman–Crippen MR) is 80.8 cm³/mol. The van der Waals surface area contributed by atoms with Gasteiger partial charge in [-0.2, -0.15) is 0 Å². The quantitative estimate of drug-likeness (QED) is 0.722. The minimum absolute atomic E-state index is 0.00211. The lowest BCUT2D eigenvalue weighted by molar-refractivity contribution is 0.0698. The first-order chi connectivity index (χ1) is 9.47. The van der Waals surface area contributed by atoms with E-state index >= 15 is 0 Å². The van der Waals surface area contributed by atoms with Gasteiger partial charge in [-0.25, -0.2) is 9.59 Å². The largest absolute Gasteiger partial charge is 0.478 e. The molecule has 1 aromatic carbocycles. The van der Waals surface area contributed by atoms with E-state index in [-0.39, 0.29) is 17.3 Å². The minimum Gasteiger partial charge on any atom is -0.478 e. The summed E-state index contributed by atoms with van der Waals surface area (Å²) in [6, 6.07) is 3.68. The highest BCUT2D eigenvalue weighted by molar-refractivity contribution is 9.10. The van der Waals surface area contributed by atoms with Crippen LogP contribution in [0.5, 0.6) is 0 Å². The van der Waals surface area contributed by atoms with Crippen molar-refractivity contribution in [2.45, 2.75) is 25.8 Å². The summed E-state index contributed by atoms with van der Waals surface area (Å²) in [5.41, 5.74) is 0.216. The molecule has 0 saturated heterocycles. The molecule has 0 aromatic heterocycles. The number of anilines is 1. The summed E-state index contributed by atoms with van der Waals surface area (Å²) in [5, 5.41) is 14.2. The molecule has 0 aliphatic heterocycles. The number of carboxylic acids is 1. The SMILES string of the molecule is C#CC(CCC)NC(=O)Nc1ccc(Br)cc1C(=O)O. The molecule has 0 heterocycles. The molecule has 1 aromatic rings. The van der Waals surface area contributed by atoms with Gasteiger partial charge in [0.2, 0.25) is 0 Å². The third-order valence-corrected chi connectivity index (χ3v) is 3.04. The van der Waals surface area contributed by atoms with Gasteiger partial charge in [0.25, 0.3) is 0 Å². The maximum absolute atomic E-state index is 11.8. The fourth-order valence-corrected chi connectivity index (χ4v) is 1.97. The van der Waals surface area contributed by atoms with Crippen LogP contribution in [0.1, 0.15) is 30.1 Å². The van der Waals surface area contributed by atoms with Crippen molar-refractivity contribution in [3.8, 4) is 12.3 Å². The van der Waals surface area contributed by atoms with Crippen LogP contribution >= 0.6 is 15.9 Å². The number of hydrogen-bond acceptors (Lipinski definition) is 2. The summed E-state index contributed by atoms with van der Waals surface area (Å²) < 4.78 is 0.619. The van der Waals surface area contributed by atoms with Crippen LogP contribution < -0.4 is 10.6 Å². The van der Waals surface area contributed by atoms with E-state index in [0.29, 0.717) is 10.9 Å². The van der Waals surface area contributed by atoms with Gasteiger partial charge in [-0.1, -0.05) is 35.2 Å². The van der Waals surface area contributed by atoms with E-state index in [2.05, 4.69) is 32.5 Å². The highest BCUT2D eigenvalue weighted by Crippen LogP contribution is 2.21. The zero-order valence-electron chi connectivity index (χ0n) is 10.9. The van der Waals surface area contributed by atoms with Crippen LogP contribution in [0, 0.1) is 12.3 Å². The fourth-order valence-electron chi connectivity index (χ4n) is 1.60. The molecule has 0 radical (unpaired) electrons. The van der Waals surface area contributed by atoms with E-state index in [1.54, 1.807) is 6.07 Å². The Morgan fingerprint density at radius 2 is 2.20 bits per heavy atom. The van der Waals surface area contributed by atoms with Crippen molar-refractivity contribution in [2.24, 2.45) is 0 Å². The normalized spacial score (nSPS) is 11.2. The van der Waals surface area contributed by atoms with E-state index in [4.69, 9.17) is 11.5 Å². The third kappa shape index (κ3) is 4.59. The Labute approximate surface area is 125 Å². The monoisotopic (exact) mass is 338 g/mol. The molecule has 5 nitrogen and oxygen atoms in total. The number of rotatable bonds is 5. The molecule has 3 N–H and O–H groups in total.